The van der Waals surface area contributed by atoms with Crippen molar-refractivity contribution in [2.75, 3.05) is 0 Å². The van der Waals surface area contributed by atoms with Crippen molar-refractivity contribution in [1.29, 1.82) is 0 Å². The van der Waals surface area contributed by atoms with Gasteiger partial charge in [-0.1, -0.05) is 0 Å². The lowest BCUT2D eigenvalue weighted by atomic mass is 9.59. The van der Waals surface area contributed by atoms with Crippen LogP contribution in [0.15, 0.2) is 11.0 Å². The predicted molar refractivity (Wildman–Crippen MR) is 97.7 cm³/mol. The van der Waals surface area contributed by atoms with Crippen LogP contribution in [0.5, 0.6) is 0 Å². The summed E-state index contributed by atoms with van der Waals surface area (Å²) in [6.45, 7) is 0. The monoisotopic (exact) mass is 422 g/mol. The van der Waals surface area contributed by atoms with Crippen molar-refractivity contribution >= 4 is 49.9 Å². The van der Waals surface area contributed by atoms with Crippen LogP contribution in [0.1, 0.15) is 10.4 Å². The molecule has 0 aliphatic carbocycles. The Balaban J connectivity index is 2.62. The number of hydrogen-bond donors (Lipinski definition) is 5. The number of phosphoric acid groups is 1. The molecule has 0 saturated carbocycles. The molecule has 0 unspecified atom stereocenters. The number of halogens is 1. The number of aldehydes is 1. The number of nitrogens with zero attached hydrogens (tertiary/aromatic N) is 1. The first-order chi connectivity index (χ1) is 12.1. The van der Waals surface area contributed by atoms with Crippen molar-refractivity contribution in [3.63, 3.8) is 0 Å². The van der Waals surface area contributed by atoms with Crippen LogP contribution in [-0.4, -0.2) is 82.8 Å². The first-order valence-corrected chi connectivity index (χ1v) is 9.36. The number of hydrogen-bond acceptors (Lipinski definition) is 8. The maximum absolute atomic E-state index is 15.5. The van der Waals surface area contributed by atoms with Crippen molar-refractivity contribution in [1.82, 2.24) is 9.55 Å². The molecule has 1 aromatic heterocycles. The van der Waals surface area contributed by atoms with Crippen LogP contribution >= 0.6 is 20.0 Å². The average Bonchev–Trinajstić information content (AvgIpc) is 2.68. The number of carbonyl (C=O) groups excluding carboxylic acids is 1. The minimum atomic E-state index is -5.21. The summed E-state index contributed by atoms with van der Waals surface area (Å²) in [6.07, 6.45) is -3.28. The van der Waals surface area contributed by atoms with Gasteiger partial charge in [0, 0.05) is 6.20 Å². The highest BCUT2D eigenvalue weighted by molar-refractivity contribution is 7.71. The van der Waals surface area contributed by atoms with E-state index in [-0.39, 0.29) is 11.1 Å². The summed E-state index contributed by atoms with van der Waals surface area (Å²) in [7, 11) is -2.31. The fraction of sp³-hybridized carbons (Fsp3) is 0.500. The normalized spacial score (nSPS) is 31.7. The van der Waals surface area contributed by atoms with Crippen LogP contribution in [-0.2, 0) is 19.4 Å². The number of nitrogens with one attached hydrogen (secondary N) is 1. The maximum atomic E-state index is 15.5. The highest BCUT2D eigenvalue weighted by atomic mass is 32.1. The fourth-order valence-corrected chi connectivity index (χ4v) is 3.89. The molecule has 1 fully saturated rings. The predicted octanol–water partition coefficient (Wildman–Crippen LogP) is -4.59. The first kappa shape index (κ1) is 22.2. The van der Waals surface area contributed by atoms with Gasteiger partial charge in [-0.2, -0.15) is 0 Å². The molecule has 1 aliphatic rings. The molecular formula is C10H15B3FN2O9PS. The van der Waals surface area contributed by atoms with Gasteiger partial charge in [0.15, 0.2) is 18.9 Å². The third-order valence-electron chi connectivity index (χ3n) is 4.33. The van der Waals surface area contributed by atoms with E-state index in [1.165, 1.54) is 0 Å². The van der Waals surface area contributed by atoms with E-state index in [0.29, 0.717) is 0 Å². The first-order valence-electron chi connectivity index (χ1n) is 7.42. The summed E-state index contributed by atoms with van der Waals surface area (Å²) >= 11 is 4.94. The molecular weight excluding hydrogens is 407 g/mol. The third kappa shape index (κ3) is 3.63. The minimum absolute atomic E-state index is 0.189. The molecule has 2 rings (SSSR count). The number of aromatic amines is 1. The van der Waals surface area contributed by atoms with Crippen molar-refractivity contribution in [2.45, 2.75) is 29.1 Å². The van der Waals surface area contributed by atoms with Crippen LogP contribution in [0.4, 0.5) is 4.39 Å². The second-order valence-electron chi connectivity index (χ2n) is 6.62. The third-order valence-corrected chi connectivity index (χ3v) is 5.32. The lowest BCUT2D eigenvalue weighted by molar-refractivity contribution is -0.239. The fourth-order valence-electron chi connectivity index (χ4n) is 2.85. The summed E-state index contributed by atoms with van der Waals surface area (Å²) in [4.78, 5) is 42.8. The number of ether oxygens (including phenoxy) is 1. The number of aliphatic hydroxyl groups excluding tert-OH is 2. The van der Waals surface area contributed by atoms with Gasteiger partial charge >= 0.3 is 7.82 Å². The molecule has 146 valence electrons. The summed E-state index contributed by atoms with van der Waals surface area (Å²) < 4.78 is 36.8. The Morgan fingerprint density at radius 2 is 2.00 bits per heavy atom. The Bertz CT molecular complexity index is 937. The molecule has 2 heterocycles. The van der Waals surface area contributed by atoms with E-state index >= 15 is 4.39 Å². The van der Waals surface area contributed by atoms with Gasteiger partial charge in [0.05, 0.1) is 11.0 Å². The SMILES string of the molecule is BC(B)(OP(=O)(O)O)[C@@]1(F)O[C@@](B)(n2cc(C=O)c(=O)[nH]c2=S)[C@H](O)[C@@H]1O. The van der Waals surface area contributed by atoms with Crippen LogP contribution in [0.25, 0.3) is 0 Å². The Morgan fingerprint density at radius 1 is 1.44 bits per heavy atom. The van der Waals surface area contributed by atoms with Crippen LogP contribution in [0.2, 0.25) is 0 Å². The lowest BCUT2D eigenvalue weighted by Gasteiger charge is -2.40. The highest BCUT2D eigenvalue weighted by Gasteiger charge is 2.68. The van der Waals surface area contributed by atoms with Gasteiger partial charge in [-0.3, -0.25) is 19.1 Å². The van der Waals surface area contributed by atoms with E-state index in [2.05, 4.69) is 9.51 Å². The highest BCUT2D eigenvalue weighted by Crippen LogP contribution is 2.51. The molecule has 0 radical (unpaired) electrons. The molecule has 11 nitrogen and oxygen atoms in total. The van der Waals surface area contributed by atoms with Crippen molar-refractivity contribution < 1.29 is 43.0 Å². The summed E-state index contributed by atoms with van der Waals surface area (Å²) in [5, 5.41) is 18.2. The molecule has 17 heteroatoms. The van der Waals surface area contributed by atoms with Gasteiger partial charge in [0.1, 0.15) is 33.5 Å². The van der Waals surface area contributed by atoms with E-state index in [0.717, 1.165) is 34.3 Å². The molecule has 5 N–H and O–H groups in total. The van der Waals surface area contributed by atoms with Gasteiger partial charge in [0.2, 0.25) is 0 Å². The average molecular weight is 422 g/mol. The van der Waals surface area contributed by atoms with Crippen LogP contribution in [0, 0.1) is 4.77 Å². The smallest absolute Gasteiger partial charge is 0.386 e. The molecule has 0 aromatic carbocycles. The quantitative estimate of drug-likeness (QED) is 0.135. The summed E-state index contributed by atoms with van der Waals surface area (Å²) in [6, 6.07) is 0. The Morgan fingerprint density at radius 3 is 2.48 bits per heavy atom. The van der Waals surface area contributed by atoms with Crippen molar-refractivity contribution in [3.05, 3.63) is 26.9 Å². The van der Waals surface area contributed by atoms with Crippen molar-refractivity contribution in [2.24, 2.45) is 0 Å². The lowest BCUT2D eigenvalue weighted by Crippen LogP contribution is -2.60. The van der Waals surface area contributed by atoms with E-state index in [4.69, 9.17) is 26.7 Å². The van der Waals surface area contributed by atoms with Gasteiger partial charge in [-0.15, -0.1) is 0 Å². The van der Waals surface area contributed by atoms with Crippen LogP contribution < -0.4 is 5.56 Å². The number of aromatic nitrogens is 2. The van der Waals surface area contributed by atoms with Gasteiger partial charge in [-0.05, 0) is 12.2 Å². The van der Waals surface area contributed by atoms with E-state index in [1.807, 2.05) is 0 Å². The molecule has 0 bridgehead atoms. The second kappa shape index (κ2) is 6.74. The Hall–Kier alpha value is -1.12. The molecule has 0 amide bonds. The van der Waals surface area contributed by atoms with Crippen LogP contribution in [0.3, 0.4) is 0 Å². The number of aliphatic hydroxyl groups is 2. The second-order valence-corrected chi connectivity index (χ2v) is 8.17. The zero-order valence-electron chi connectivity index (χ0n) is 14.3. The summed E-state index contributed by atoms with van der Waals surface area (Å²) in [5.74, 6) is -3.31. The van der Waals surface area contributed by atoms with Gasteiger partial charge in [0.25, 0.3) is 11.4 Å². The van der Waals surface area contributed by atoms with Gasteiger partial charge in [-0.25, -0.2) is 8.96 Å². The Labute approximate surface area is 159 Å². The molecule has 0 spiro atoms. The molecule has 4 atom stereocenters. The van der Waals surface area contributed by atoms with Gasteiger partial charge < -0.3 is 29.3 Å². The standard InChI is InChI=1S/C10H15B3FN2O9PS/c11-9(16-1-3(2-17)6(20)15-7(16)27)5(19)4(18)8(14,24-9)10(12,13)25-26(21,22)23/h1-2,4-5,18-19H,11-13H2,(H,15,20,27)(H2,21,22,23)/t4-,5+,8-,9-/m0/s1. The Kier molecular flexibility index (Phi) is 5.54. The van der Waals surface area contributed by atoms with E-state index in [9.17, 15) is 24.4 Å². The largest absolute Gasteiger partial charge is 0.468 e. The minimum Gasteiger partial charge on any atom is -0.386 e. The molecule has 27 heavy (non-hydrogen) atoms. The van der Waals surface area contributed by atoms with E-state index in [1.54, 1.807) is 0 Å². The number of alkyl halides is 1. The molecule has 1 aliphatic heterocycles. The zero-order valence-corrected chi connectivity index (χ0v) is 16.0. The number of H-pyrrole nitrogens is 1. The van der Waals surface area contributed by atoms with E-state index < -0.39 is 48.0 Å². The zero-order chi connectivity index (χ0) is 21.0. The topological polar surface area (TPSA) is 171 Å². The number of carbonyl (C=O) groups is 1. The molecule has 1 saturated heterocycles. The maximum Gasteiger partial charge on any atom is 0.468 e. The summed E-state index contributed by atoms with van der Waals surface area (Å²) in [5.41, 5.74) is -3.42. The number of phosphoric ester groups is 1. The molecule has 1 aromatic rings. The number of rotatable bonds is 5. The van der Waals surface area contributed by atoms with Crippen molar-refractivity contribution in [3.8, 4) is 0 Å².